The molecule has 2 aliphatic rings. The Morgan fingerprint density at radius 3 is 2.40 bits per heavy atom. The number of benzene rings is 1. The molecule has 2 saturated heterocycles. The van der Waals surface area contributed by atoms with E-state index < -0.39 is 0 Å². The second kappa shape index (κ2) is 8.92. The second-order valence-corrected chi connectivity index (χ2v) is 8.52. The Balaban J connectivity index is 1.33. The van der Waals surface area contributed by atoms with Gasteiger partial charge in [-0.25, -0.2) is 0 Å². The minimum Gasteiger partial charge on any atom is -0.459 e. The molecule has 2 fully saturated rings. The third-order valence-corrected chi connectivity index (χ3v) is 6.20. The van der Waals surface area contributed by atoms with Gasteiger partial charge in [-0.2, -0.15) is 0 Å². The highest BCUT2D eigenvalue weighted by Crippen LogP contribution is 2.34. The van der Waals surface area contributed by atoms with Crippen LogP contribution in [-0.4, -0.2) is 55.5 Å². The third-order valence-electron chi connectivity index (χ3n) is 6.20. The van der Waals surface area contributed by atoms with Gasteiger partial charge in [0.15, 0.2) is 5.76 Å². The van der Waals surface area contributed by atoms with Crippen molar-refractivity contribution in [3.63, 3.8) is 0 Å². The monoisotopic (exact) mass is 410 g/mol. The van der Waals surface area contributed by atoms with E-state index in [4.69, 9.17) is 4.42 Å². The highest BCUT2D eigenvalue weighted by Gasteiger charge is 2.39. The molecule has 2 amide bonds. The minimum atomic E-state index is -0.157. The predicted molar refractivity (Wildman–Crippen MR) is 117 cm³/mol. The first-order chi connectivity index (χ1) is 14.5. The number of rotatable bonds is 6. The summed E-state index contributed by atoms with van der Waals surface area (Å²) in [6, 6.07) is 12.0. The van der Waals surface area contributed by atoms with Gasteiger partial charge in [0.25, 0.3) is 5.91 Å². The molecule has 2 N–H and O–H groups in total. The van der Waals surface area contributed by atoms with Crippen LogP contribution in [0.1, 0.15) is 42.7 Å². The zero-order valence-electron chi connectivity index (χ0n) is 17.6. The van der Waals surface area contributed by atoms with Crippen LogP contribution >= 0.6 is 0 Å². The first-order valence-corrected chi connectivity index (χ1v) is 10.7. The molecule has 160 valence electrons. The third kappa shape index (κ3) is 4.67. The Hall–Kier alpha value is -2.80. The van der Waals surface area contributed by atoms with Crippen molar-refractivity contribution in [2.24, 2.45) is 0 Å². The highest BCUT2D eigenvalue weighted by molar-refractivity contribution is 5.92. The largest absolute Gasteiger partial charge is 0.459 e. The summed E-state index contributed by atoms with van der Waals surface area (Å²) in [5.41, 5.74) is 1.91. The highest BCUT2D eigenvalue weighted by atomic mass is 16.3. The van der Waals surface area contributed by atoms with E-state index in [9.17, 15) is 9.59 Å². The average Bonchev–Trinajstić information content (AvgIpc) is 3.24. The number of anilines is 2. The smallest absolute Gasteiger partial charge is 0.287 e. The van der Waals surface area contributed by atoms with Crippen molar-refractivity contribution in [1.82, 2.24) is 10.2 Å². The van der Waals surface area contributed by atoms with Crippen LogP contribution in [0.5, 0.6) is 0 Å². The quantitative estimate of drug-likeness (QED) is 0.765. The van der Waals surface area contributed by atoms with E-state index in [1.54, 1.807) is 12.1 Å². The van der Waals surface area contributed by atoms with Crippen molar-refractivity contribution in [2.45, 2.75) is 50.2 Å². The van der Waals surface area contributed by atoms with Gasteiger partial charge in [-0.1, -0.05) is 6.42 Å². The van der Waals surface area contributed by atoms with Crippen molar-refractivity contribution < 1.29 is 14.0 Å². The number of carbonyl (C=O) groups is 2. The molecule has 2 bridgehead atoms. The summed E-state index contributed by atoms with van der Waals surface area (Å²) in [4.78, 5) is 29.4. The molecule has 7 nitrogen and oxygen atoms in total. The summed E-state index contributed by atoms with van der Waals surface area (Å²) in [6.45, 7) is 0.392. The maximum Gasteiger partial charge on any atom is 0.287 e. The number of hydrogen-bond acceptors (Lipinski definition) is 5. The van der Waals surface area contributed by atoms with Crippen LogP contribution in [-0.2, 0) is 4.79 Å². The van der Waals surface area contributed by atoms with Crippen LogP contribution < -0.4 is 15.5 Å². The first-order valence-electron chi connectivity index (χ1n) is 10.7. The molecule has 0 aliphatic carbocycles. The Bertz CT molecular complexity index is 849. The fourth-order valence-electron chi connectivity index (χ4n) is 4.73. The van der Waals surface area contributed by atoms with E-state index >= 15 is 0 Å². The second-order valence-electron chi connectivity index (χ2n) is 8.52. The van der Waals surface area contributed by atoms with Gasteiger partial charge < -0.3 is 20.0 Å². The van der Waals surface area contributed by atoms with Gasteiger partial charge in [-0.3, -0.25) is 14.5 Å². The molecule has 2 unspecified atom stereocenters. The zero-order chi connectivity index (χ0) is 21.1. The molecule has 2 atom stereocenters. The number of nitrogens with zero attached hydrogens (tertiary/aromatic N) is 2. The van der Waals surface area contributed by atoms with Crippen LogP contribution in [0.15, 0.2) is 47.1 Å². The number of hydrogen-bond donors (Lipinski definition) is 2. The SMILES string of the molecule is CN(C)c1ccc(NC(=O)CN2C3CCCC2CC(NC(=O)c2ccco2)C3)cc1. The molecule has 1 aromatic carbocycles. The van der Waals surface area contributed by atoms with Crippen LogP contribution in [0, 0.1) is 0 Å². The lowest BCUT2D eigenvalue weighted by Gasteiger charge is -2.48. The van der Waals surface area contributed by atoms with E-state index in [1.807, 2.05) is 43.3 Å². The molecule has 7 heteroatoms. The summed E-state index contributed by atoms with van der Waals surface area (Å²) >= 11 is 0. The van der Waals surface area contributed by atoms with E-state index in [2.05, 4.69) is 15.5 Å². The zero-order valence-corrected chi connectivity index (χ0v) is 17.6. The summed E-state index contributed by atoms with van der Waals surface area (Å²) in [5.74, 6) is 0.209. The van der Waals surface area contributed by atoms with Crippen molar-refractivity contribution in [2.75, 3.05) is 30.9 Å². The van der Waals surface area contributed by atoms with Gasteiger partial charge >= 0.3 is 0 Å². The lowest BCUT2D eigenvalue weighted by atomic mass is 9.81. The van der Waals surface area contributed by atoms with E-state index in [0.717, 1.165) is 37.1 Å². The van der Waals surface area contributed by atoms with Gasteiger partial charge in [0.1, 0.15) is 0 Å². The van der Waals surface area contributed by atoms with Gasteiger partial charge in [-0.05, 0) is 62.1 Å². The summed E-state index contributed by atoms with van der Waals surface area (Å²) in [7, 11) is 3.99. The number of carbonyl (C=O) groups excluding carboxylic acids is 2. The van der Waals surface area contributed by atoms with Gasteiger partial charge in [0, 0.05) is 43.6 Å². The Morgan fingerprint density at radius 2 is 1.80 bits per heavy atom. The molecule has 3 heterocycles. The molecular formula is C23H30N4O3. The Morgan fingerprint density at radius 1 is 1.10 bits per heavy atom. The van der Waals surface area contributed by atoms with Gasteiger partial charge in [0.05, 0.1) is 12.8 Å². The molecule has 0 saturated carbocycles. The van der Waals surface area contributed by atoms with E-state index in [0.29, 0.717) is 24.4 Å². The Labute approximate surface area is 177 Å². The lowest BCUT2D eigenvalue weighted by molar-refractivity contribution is -0.120. The van der Waals surface area contributed by atoms with Crippen molar-refractivity contribution >= 4 is 23.2 Å². The molecular weight excluding hydrogens is 380 g/mol. The number of fused-ring (bicyclic) bond motifs is 2. The maximum atomic E-state index is 12.7. The van der Waals surface area contributed by atoms with Crippen LogP contribution in [0.4, 0.5) is 11.4 Å². The van der Waals surface area contributed by atoms with Crippen LogP contribution in [0.3, 0.4) is 0 Å². The summed E-state index contributed by atoms with van der Waals surface area (Å²) in [5, 5.41) is 6.14. The van der Waals surface area contributed by atoms with Crippen LogP contribution in [0.25, 0.3) is 0 Å². The van der Waals surface area contributed by atoms with Gasteiger partial charge in [0.2, 0.25) is 5.91 Å². The number of nitrogens with one attached hydrogen (secondary N) is 2. The molecule has 2 aliphatic heterocycles. The standard InChI is InChI=1S/C23H30N4O3/c1-26(2)18-10-8-16(9-11-18)24-22(28)15-27-19-5-3-6-20(27)14-17(13-19)25-23(29)21-7-4-12-30-21/h4,7-12,17,19-20H,3,5-6,13-15H2,1-2H3,(H,24,28)(H,25,29). The summed E-state index contributed by atoms with van der Waals surface area (Å²) < 4.78 is 5.20. The molecule has 0 spiro atoms. The topological polar surface area (TPSA) is 77.8 Å². The molecule has 2 aromatic rings. The molecule has 0 radical (unpaired) electrons. The predicted octanol–water partition coefficient (Wildman–Crippen LogP) is 3.10. The minimum absolute atomic E-state index is 0.0163. The summed E-state index contributed by atoms with van der Waals surface area (Å²) in [6.07, 6.45) is 6.56. The molecule has 30 heavy (non-hydrogen) atoms. The number of furan rings is 1. The molecule has 4 rings (SSSR count). The first kappa shape index (κ1) is 20.5. The fraction of sp³-hybridized carbons (Fsp3) is 0.478. The molecule has 1 aromatic heterocycles. The van der Waals surface area contributed by atoms with E-state index in [1.165, 1.54) is 12.7 Å². The average molecular weight is 411 g/mol. The van der Waals surface area contributed by atoms with Gasteiger partial charge in [-0.15, -0.1) is 0 Å². The normalized spacial score (nSPS) is 23.6. The number of piperidine rings is 2. The lowest BCUT2D eigenvalue weighted by Crippen LogP contribution is -2.58. The van der Waals surface area contributed by atoms with Crippen molar-refractivity contribution in [3.05, 3.63) is 48.4 Å². The fourth-order valence-corrected chi connectivity index (χ4v) is 4.73. The van der Waals surface area contributed by atoms with Crippen molar-refractivity contribution in [3.8, 4) is 0 Å². The van der Waals surface area contributed by atoms with E-state index in [-0.39, 0.29) is 17.9 Å². The van der Waals surface area contributed by atoms with Crippen LogP contribution in [0.2, 0.25) is 0 Å². The Kier molecular flexibility index (Phi) is 6.08. The number of amides is 2. The van der Waals surface area contributed by atoms with Crippen molar-refractivity contribution in [1.29, 1.82) is 0 Å². The maximum absolute atomic E-state index is 12.7.